The summed E-state index contributed by atoms with van der Waals surface area (Å²) >= 11 is 0. The first-order chi connectivity index (χ1) is 13.4. The van der Waals surface area contributed by atoms with Crippen LogP contribution in [0.15, 0.2) is 42.5 Å². The predicted octanol–water partition coefficient (Wildman–Crippen LogP) is 4.02. The van der Waals surface area contributed by atoms with Crippen molar-refractivity contribution in [1.82, 2.24) is 4.98 Å². The zero-order chi connectivity index (χ0) is 19.8. The first-order valence-electron chi connectivity index (χ1n) is 9.56. The highest BCUT2D eigenvalue weighted by Gasteiger charge is 2.25. The second kappa shape index (κ2) is 7.08. The van der Waals surface area contributed by atoms with Crippen molar-refractivity contribution < 1.29 is 9.59 Å². The largest absolute Gasteiger partial charge is 0.366 e. The number of para-hydroxylation sites is 1. The Morgan fingerprint density at radius 3 is 2.71 bits per heavy atom. The Hall–Kier alpha value is -3.21. The van der Waals surface area contributed by atoms with Gasteiger partial charge in [-0.1, -0.05) is 25.1 Å². The number of nitrogens with two attached hydrogens (primary N) is 1. The minimum Gasteiger partial charge on any atom is -0.366 e. The Morgan fingerprint density at radius 2 is 1.96 bits per heavy atom. The highest BCUT2D eigenvalue weighted by atomic mass is 16.2. The van der Waals surface area contributed by atoms with Gasteiger partial charge in [0.15, 0.2) is 0 Å². The minimum absolute atomic E-state index is 0.143. The number of hydrogen-bond donors (Lipinski definition) is 2. The van der Waals surface area contributed by atoms with Crippen molar-refractivity contribution in [3.05, 3.63) is 70.4 Å². The summed E-state index contributed by atoms with van der Waals surface area (Å²) in [7, 11) is 0. The maximum atomic E-state index is 13.3. The van der Waals surface area contributed by atoms with Crippen LogP contribution >= 0.6 is 0 Å². The van der Waals surface area contributed by atoms with E-state index < -0.39 is 5.91 Å². The SMILES string of the molecule is Cc1cc(NC(=O)c2c3c(nc4ccccc24)CCC(C)C3)ccc1C(N)=O. The van der Waals surface area contributed by atoms with E-state index in [4.69, 9.17) is 10.7 Å². The molecule has 1 aliphatic carbocycles. The zero-order valence-corrected chi connectivity index (χ0v) is 16.1. The second-order valence-corrected chi connectivity index (χ2v) is 7.63. The van der Waals surface area contributed by atoms with Gasteiger partial charge >= 0.3 is 0 Å². The van der Waals surface area contributed by atoms with E-state index in [1.807, 2.05) is 24.3 Å². The third-order valence-corrected chi connectivity index (χ3v) is 5.48. The van der Waals surface area contributed by atoms with Crippen LogP contribution in [-0.4, -0.2) is 16.8 Å². The monoisotopic (exact) mass is 373 g/mol. The van der Waals surface area contributed by atoms with E-state index in [0.717, 1.165) is 47.0 Å². The van der Waals surface area contributed by atoms with Crippen LogP contribution in [0.4, 0.5) is 5.69 Å². The average Bonchev–Trinajstić information content (AvgIpc) is 2.65. The standard InChI is InChI=1S/C23H23N3O2/c1-13-7-10-20-18(11-13)21(17-5-3-4-6-19(17)26-20)23(28)25-15-8-9-16(22(24)27)14(2)12-15/h3-6,8-9,12-13H,7,10-11H2,1-2H3,(H2,24,27)(H,25,28). The van der Waals surface area contributed by atoms with Crippen LogP contribution in [0.1, 0.15) is 50.9 Å². The molecule has 0 aliphatic heterocycles. The maximum Gasteiger partial charge on any atom is 0.256 e. The van der Waals surface area contributed by atoms with Gasteiger partial charge in [-0.25, -0.2) is 0 Å². The average molecular weight is 373 g/mol. The lowest BCUT2D eigenvalue weighted by Crippen LogP contribution is -2.22. The molecule has 4 rings (SSSR count). The molecule has 1 aromatic heterocycles. The van der Waals surface area contributed by atoms with Crippen molar-refractivity contribution in [1.29, 1.82) is 0 Å². The molecule has 1 unspecified atom stereocenters. The summed E-state index contributed by atoms with van der Waals surface area (Å²) < 4.78 is 0. The van der Waals surface area contributed by atoms with E-state index >= 15 is 0 Å². The normalized spacial score (nSPS) is 15.9. The van der Waals surface area contributed by atoms with Crippen LogP contribution in [0, 0.1) is 12.8 Å². The number of anilines is 1. The minimum atomic E-state index is -0.474. The number of nitrogens with one attached hydrogen (secondary N) is 1. The van der Waals surface area contributed by atoms with Crippen molar-refractivity contribution in [3.8, 4) is 0 Å². The van der Waals surface area contributed by atoms with Crippen LogP contribution in [0.25, 0.3) is 10.9 Å². The summed E-state index contributed by atoms with van der Waals surface area (Å²) in [6.07, 6.45) is 2.84. The summed E-state index contributed by atoms with van der Waals surface area (Å²) in [5, 5.41) is 3.88. The third kappa shape index (κ3) is 3.24. The van der Waals surface area contributed by atoms with Crippen molar-refractivity contribution in [2.24, 2.45) is 11.7 Å². The topological polar surface area (TPSA) is 85.1 Å². The number of carbonyl (C=O) groups excluding carboxylic acids is 2. The van der Waals surface area contributed by atoms with Gasteiger partial charge < -0.3 is 11.1 Å². The van der Waals surface area contributed by atoms with Crippen LogP contribution in [-0.2, 0) is 12.8 Å². The lowest BCUT2D eigenvalue weighted by Gasteiger charge is -2.24. The number of hydrogen-bond acceptors (Lipinski definition) is 3. The molecule has 5 nitrogen and oxygen atoms in total. The van der Waals surface area contributed by atoms with E-state index in [1.54, 1.807) is 25.1 Å². The number of aromatic nitrogens is 1. The van der Waals surface area contributed by atoms with E-state index in [0.29, 0.717) is 22.7 Å². The molecule has 5 heteroatoms. The molecule has 0 saturated carbocycles. The molecule has 3 N–H and O–H groups in total. The number of rotatable bonds is 3. The molecule has 1 atom stereocenters. The van der Waals surface area contributed by atoms with Gasteiger partial charge in [-0.2, -0.15) is 0 Å². The van der Waals surface area contributed by atoms with E-state index in [-0.39, 0.29) is 5.91 Å². The van der Waals surface area contributed by atoms with E-state index in [9.17, 15) is 9.59 Å². The number of carbonyl (C=O) groups is 2. The predicted molar refractivity (Wildman–Crippen MR) is 111 cm³/mol. The molecule has 2 aromatic carbocycles. The zero-order valence-electron chi connectivity index (χ0n) is 16.1. The van der Waals surface area contributed by atoms with Gasteiger partial charge in [0, 0.05) is 22.3 Å². The second-order valence-electron chi connectivity index (χ2n) is 7.63. The Morgan fingerprint density at radius 1 is 1.18 bits per heavy atom. The smallest absolute Gasteiger partial charge is 0.256 e. The van der Waals surface area contributed by atoms with E-state index in [1.165, 1.54) is 0 Å². The van der Waals surface area contributed by atoms with Gasteiger partial charge in [-0.05, 0) is 67.5 Å². The summed E-state index contributed by atoms with van der Waals surface area (Å²) in [5.74, 6) is -0.0900. The number of benzene rings is 2. The summed E-state index contributed by atoms with van der Waals surface area (Å²) in [4.78, 5) is 29.6. The van der Waals surface area contributed by atoms with Gasteiger partial charge in [-0.15, -0.1) is 0 Å². The molecule has 0 radical (unpaired) electrons. The lowest BCUT2D eigenvalue weighted by atomic mass is 9.84. The molecular formula is C23H23N3O2. The Balaban J connectivity index is 1.78. The van der Waals surface area contributed by atoms with Gasteiger partial charge in [0.1, 0.15) is 0 Å². The number of pyridine rings is 1. The van der Waals surface area contributed by atoms with Crippen LogP contribution in [0.3, 0.4) is 0 Å². The molecule has 0 fully saturated rings. The summed E-state index contributed by atoms with van der Waals surface area (Å²) in [6.45, 7) is 4.02. The summed E-state index contributed by atoms with van der Waals surface area (Å²) in [6, 6.07) is 12.9. The molecule has 3 aromatic rings. The number of primary amides is 1. The third-order valence-electron chi connectivity index (χ3n) is 5.48. The van der Waals surface area contributed by atoms with Gasteiger partial charge in [0.25, 0.3) is 5.91 Å². The quantitative estimate of drug-likeness (QED) is 0.727. The van der Waals surface area contributed by atoms with Crippen molar-refractivity contribution in [3.63, 3.8) is 0 Å². The molecule has 1 heterocycles. The van der Waals surface area contributed by atoms with Crippen LogP contribution in [0.5, 0.6) is 0 Å². The first kappa shape index (κ1) is 18.2. The number of aryl methyl sites for hydroxylation is 2. The number of amides is 2. The lowest BCUT2D eigenvalue weighted by molar-refractivity contribution is 0.0997. The summed E-state index contributed by atoms with van der Waals surface area (Å²) in [5.41, 5.74) is 10.9. The van der Waals surface area contributed by atoms with Crippen molar-refractivity contribution in [2.75, 3.05) is 5.32 Å². The molecule has 2 amide bonds. The van der Waals surface area contributed by atoms with Gasteiger partial charge in [0.2, 0.25) is 5.91 Å². The first-order valence-corrected chi connectivity index (χ1v) is 9.56. The van der Waals surface area contributed by atoms with Gasteiger partial charge in [-0.3, -0.25) is 14.6 Å². The molecular weight excluding hydrogens is 350 g/mol. The van der Waals surface area contributed by atoms with E-state index in [2.05, 4.69) is 12.2 Å². The fraction of sp³-hybridized carbons (Fsp3) is 0.261. The fourth-order valence-electron chi connectivity index (χ4n) is 4.03. The Bertz CT molecular complexity index is 1100. The molecule has 0 saturated heterocycles. The van der Waals surface area contributed by atoms with Crippen molar-refractivity contribution in [2.45, 2.75) is 33.1 Å². The molecule has 28 heavy (non-hydrogen) atoms. The Kier molecular flexibility index (Phi) is 4.59. The molecule has 142 valence electrons. The molecule has 0 spiro atoms. The number of fused-ring (bicyclic) bond motifs is 2. The Labute approximate surface area is 164 Å². The highest BCUT2D eigenvalue weighted by molar-refractivity contribution is 6.13. The molecule has 0 bridgehead atoms. The maximum absolute atomic E-state index is 13.3. The van der Waals surface area contributed by atoms with Crippen LogP contribution < -0.4 is 11.1 Å². The van der Waals surface area contributed by atoms with Crippen molar-refractivity contribution >= 4 is 28.4 Å². The highest BCUT2D eigenvalue weighted by Crippen LogP contribution is 2.32. The number of nitrogens with zero attached hydrogens (tertiary/aromatic N) is 1. The molecule has 1 aliphatic rings. The fourth-order valence-corrected chi connectivity index (χ4v) is 4.03. The van der Waals surface area contributed by atoms with Gasteiger partial charge in [0.05, 0.1) is 11.1 Å². The van der Waals surface area contributed by atoms with Crippen LogP contribution in [0.2, 0.25) is 0 Å².